The molecule has 0 radical (unpaired) electrons. The maximum Gasteiger partial charge on any atom is 0.235 e. The van der Waals surface area contributed by atoms with Crippen LogP contribution < -0.4 is 0 Å². The Morgan fingerprint density at radius 3 is 2.50 bits per heavy atom. The predicted molar refractivity (Wildman–Crippen MR) is 87.3 cm³/mol. The summed E-state index contributed by atoms with van der Waals surface area (Å²) in [6, 6.07) is 9.17. The minimum atomic E-state index is 0.500. The molecule has 0 bridgehead atoms. The first-order valence-corrected chi connectivity index (χ1v) is 7.88. The lowest BCUT2D eigenvalue weighted by atomic mass is 10.2. The maximum absolute atomic E-state index is 6.07. The first kappa shape index (κ1) is 13.6. The molecule has 0 spiro atoms. The monoisotopic (exact) mass is 347 g/mol. The van der Waals surface area contributed by atoms with E-state index >= 15 is 0 Å². The summed E-state index contributed by atoms with van der Waals surface area (Å²) in [4.78, 5) is 4.72. The van der Waals surface area contributed by atoms with Crippen molar-refractivity contribution in [2.24, 2.45) is 0 Å². The highest BCUT2D eigenvalue weighted by atomic mass is 35.5. The summed E-state index contributed by atoms with van der Waals surface area (Å²) in [6.45, 7) is 0. The quantitative estimate of drug-likeness (QED) is 0.544. The molecular formula is C14H7Cl2N5S. The lowest BCUT2D eigenvalue weighted by molar-refractivity contribution is 0.970. The minimum Gasteiger partial charge on any atom is -0.265 e. The van der Waals surface area contributed by atoms with Crippen LogP contribution in [-0.2, 0) is 0 Å². The molecular weight excluding hydrogens is 341 g/mol. The third kappa shape index (κ3) is 2.25. The van der Waals surface area contributed by atoms with Crippen molar-refractivity contribution < 1.29 is 0 Å². The Labute approximate surface area is 139 Å². The highest BCUT2D eigenvalue weighted by Crippen LogP contribution is 2.32. The molecule has 0 amide bonds. The van der Waals surface area contributed by atoms with Gasteiger partial charge in [0, 0.05) is 23.5 Å². The molecule has 0 N–H and O–H groups in total. The van der Waals surface area contributed by atoms with E-state index in [1.54, 1.807) is 29.0 Å². The Hall–Kier alpha value is -2.02. The Morgan fingerprint density at radius 2 is 1.73 bits per heavy atom. The van der Waals surface area contributed by atoms with E-state index < -0.39 is 0 Å². The largest absolute Gasteiger partial charge is 0.265 e. The van der Waals surface area contributed by atoms with Crippen molar-refractivity contribution in [3.63, 3.8) is 0 Å². The first-order valence-electron chi connectivity index (χ1n) is 6.30. The van der Waals surface area contributed by atoms with Gasteiger partial charge in [0.2, 0.25) is 4.96 Å². The van der Waals surface area contributed by atoms with E-state index in [-0.39, 0.29) is 0 Å². The normalized spacial score (nSPS) is 11.2. The second-order valence-electron chi connectivity index (χ2n) is 4.49. The molecule has 0 atom stereocenters. The predicted octanol–water partition coefficient (Wildman–Crippen LogP) is 4.22. The first-order chi connectivity index (χ1) is 10.7. The lowest BCUT2D eigenvalue weighted by Crippen LogP contribution is -1.91. The maximum atomic E-state index is 6.07. The van der Waals surface area contributed by atoms with Gasteiger partial charge in [0.1, 0.15) is 5.01 Å². The van der Waals surface area contributed by atoms with Gasteiger partial charge in [-0.25, -0.2) is 0 Å². The molecule has 108 valence electrons. The lowest BCUT2D eigenvalue weighted by Gasteiger charge is -1.99. The summed E-state index contributed by atoms with van der Waals surface area (Å²) in [5, 5.41) is 14.8. The van der Waals surface area contributed by atoms with E-state index in [4.69, 9.17) is 23.2 Å². The van der Waals surface area contributed by atoms with Crippen LogP contribution in [0.1, 0.15) is 0 Å². The zero-order chi connectivity index (χ0) is 15.1. The molecule has 4 aromatic rings. The van der Waals surface area contributed by atoms with Crippen molar-refractivity contribution in [1.29, 1.82) is 0 Å². The van der Waals surface area contributed by atoms with Gasteiger partial charge < -0.3 is 0 Å². The molecule has 4 rings (SSSR count). The van der Waals surface area contributed by atoms with Gasteiger partial charge in [-0.05, 0) is 24.3 Å². The topological polar surface area (TPSA) is 56.0 Å². The van der Waals surface area contributed by atoms with E-state index in [0.29, 0.717) is 20.8 Å². The molecule has 1 aromatic carbocycles. The number of pyridine rings is 1. The Kier molecular flexibility index (Phi) is 3.29. The van der Waals surface area contributed by atoms with Crippen LogP contribution in [0.2, 0.25) is 10.0 Å². The van der Waals surface area contributed by atoms with E-state index in [1.807, 2.05) is 18.2 Å². The molecule has 0 fully saturated rings. The van der Waals surface area contributed by atoms with Gasteiger partial charge in [-0.3, -0.25) is 4.98 Å². The summed E-state index contributed by atoms with van der Waals surface area (Å²) in [5.41, 5.74) is 1.80. The molecule has 0 saturated heterocycles. The average Bonchev–Trinajstić information content (AvgIpc) is 3.11. The zero-order valence-electron chi connectivity index (χ0n) is 10.9. The summed E-state index contributed by atoms with van der Waals surface area (Å²) >= 11 is 13.5. The van der Waals surface area contributed by atoms with Crippen LogP contribution in [0, 0.1) is 0 Å². The molecule has 0 aliphatic heterocycles. The minimum absolute atomic E-state index is 0.500. The van der Waals surface area contributed by atoms with Gasteiger partial charge >= 0.3 is 0 Å². The van der Waals surface area contributed by atoms with Crippen LogP contribution in [0.4, 0.5) is 0 Å². The highest BCUT2D eigenvalue weighted by Gasteiger charge is 2.14. The van der Waals surface area contributed by atoms with Crippen LogP contribution >= 0.6 is 34.5 Å². The van der Waals surface area contributed by atoms with Crippen molar-refractivity contribution in [3.8, 4) is 22.0 Å². The van der Waals surface area contributed by atoms with Gasteiger partial charge in [-0.15, -0.1) is 10.2 Å². The Bertz CT molecular complexity index is 964. The van der Waals surface area contributed by atoms with Gasteiger partial charge in [-0.2, -0.15) is 9.61 Å². The Balaban J connectivity index is 1.85. The molecule has 8 heteroatoms. The number of nitrogens with zero attached hydrogens (tertiary/aromatic N) is 5. The van der Waals surface area contributed by atoms with Gasteiger partial charge in [0.05, 0.1) is 10.0 Å². The molecule has 0 aliphatic rings. The van der Waals surface area contributed by atoms with Crippen LogP contribution in [0.15, 0.2) is 42.7 Å². The third-order valence-corrected chi connectivity index (χ3v) is 4.78. The second-order valence-corrected chi connectivity index (χ2v) is 6.26. The molecule has 3 aromatic heterocycles. The van der Waals surface area contributed by atoms with Crippen LogP contribution in [0.5, 0.6) is 0 Å². The Morgan fingerprint density at radius 1 is 0.909 bits per heavy atom. The number of benzene rings is 1. The zero-order valence-corrected chi connectivity index (χ0v) is 13.3. The van der Waals surface area contributed by atoms with Crippen molar-refractivity contribution in [3.05, 3.63) is 52.8 Å². The molecule has 0 aliphatic carbocycles. The van der Waals surface area contributed by atoms with Crippen LogP contribution in [0.25, 0.3) is 26.9 Å². The summed E-state index contributed by atoms with van der Waals surface area (Å²) in [7, 11) is 0. The van der Waals surface area contributed by atoms with Crippen molar-refractivity contribution in [2.75, 3.05) is 0 Å². The number of rotatable bonds is 2. The van der Waals surface area contributed by atoms with Crippen molar-refractivity contribution >= 4 is 39.5 Å². The third-order valence-electron chi connectivity index (χ3n) is 3.10. The number of aromatic nitrogens is 5. The number of fused-ring (bicyclic) bond motifs is 1. The summed E-state index contributed by atoms with van der Waals surface area (Å²) in [5.74, 6) is 0.681. The summed E-state index contributed by atoms with van der Waals surface area (Å²) < 4.78 is 1.72. The van der Waals surface area contributed by atoms with Crippen LogP contribution in [-0.4, -0.2) is 24.8 Å². The van der Waals surface area contributed by atoms with Crippen molar-refractivity contribution in [1.82, 2.24) is 24.8 Å². The average molecular weight is 348 g/mol. The SMILES string of the molecule is Clc1ccc(-c2nn3c(-c4ccncc4)nnc3s2)cc1Cl. The highest BCUT2D eigenvalue weighted by molar-refractivity contribution is 7.19. The standard InChI is InChI=1S/C14H7Cl2N5S/c15-10-2-1-9(7-11(10)16)13-20-21-12(18-19-14(21)22-13)8-3-5-17-6-4-8/h1-7H. The van der Waals surface area contributed by atoms with E-state index in [1.165, 1.54) is 11.3 Å². The number of hydrogen-bond donors (Lipinski definition) is 0. The molecule has 0 saturated carbocycles. The van der Waals surface area contributed by atoms with Gasteiger partial charge in [0.15, 0.2) is 5.82 Å². The molecule has 22 heavy (non-hydrogen) atoms. The van der Waals surface area contributed by atoms with Gasteiger partial charge in [-0.1, -0.05) is 40.6 Å². The van der Waals surface area contributed by atoms with E-state index in [9.17, 15) is 0 Å². The van der Waals surface area contributed by atoms with E-state index in [0.717, 1.165) is 16.1 Å². The molecule has 3 heterocycles. The van der Waals surface area contributed by atoms with Crippen molar-refractivity contribution in [2.45, 2.75) is 0 Å². The number of halogens is 2. The fourth-order valence-electron chi connectivity index (χ4n) is 2.04. The fourth-order valence-corrected chi connectivity index (χ4v) is 3.18. The van der Waals surface area contributed by atoms with E-state index in [2.05, 4.69) is 20.3 Å². The second kappa shape index (κ2) is 5.31. The summed E-state index contributed by atoms with van der Waals surface area (Å²) in [6.07, 6.45) is 3.42. The number of hydrogen-bond acceptors (Lipinski definition) is 5. The smallest absolute Gasteiger partial charge is 0.235 e. The molecule has 5 nitrogen and oxygen atoms in total. The fraction of sp³-hybridized carbons (Fsp3) is 0. The van der Waals surface area contributed by atoms with Gasteiger partial charge in [0.25, 0.3) is 0 Å². The van der Waals surface area contributed by atoms with Crippen LogP contribution in [0.3, 0.4) is 0 Å². The molecule has 0 unspecified atom stereocenters.